The maximum atomic E-state index is 12.6. The normalized spacial score (nSPS) is 11.1. The fourth-order valence-electron chi connectivity index (χ4n) is 2.50. The topological polar surface area (TPSA) is 83.1 Å². The van der Waals surface area contributed by atoms with Crippen molar-refractivity contribution >= 4 is 64.9 Å². The molecule has 2 aromatic carbocycles. The Kier molecular flexibility index (Phi) is 7.95. The first-order chi connectivity index (χ1) is 14.3. The Morgan fingerprint density at radius 3 is 2.33 bits per heavy atom. The monoisotopic (exact) mass is 568 g/mol. The van der Waals surface area contributed by atoms with Gasteiger partial charge in [0, 0.05) is 40.1 Å². The minimum atomic E-state index is -3.64. The number of hydrogen-bond donors (Lipinski definition) is 3. The van der Waals surface area contributed by atoms with Crippen LogP contribution in [0, 0.1) is 0 Å². The number of anilines is 1. The third-order valence-corrected chi connectivity index (χ3v) is 6.99. The maximum absolute atomic E-state index is 12.6. The third-order valence-electron chi connectivity index (χ3n) is 4.09. The number of pyridine rings is 1. The van der Waals surface area contributed by atoms with E-state index < -0.39 is 10.0 Å². The van der Waals surface area contributed by atoms with Gasteiger partial charge in [-0.05, 0) is 71.9 Å². The number of nitrogens with zero attached hydrogens (tertiary/aromatic N) is 1. The lowest BCUT2D eigenvalue weighted by atomic mass is 10.2. The molecule has 1 aromatic heterocycles. The first-order valence-corrected chi connectivity index (χ1v) is 12.3. The minimum absolute atomic E-state index is 0.178. The second-order valence-corrected chi connectivity index (χ2v) is 10.2. The first-order valence-electron chi connectivity index (χ1n) is 8.81. The molecule has 0 aliphatic heterocycles. The van der Waals surface area contributed by atoms with Gasteiger partial charge >= 0.3 is 0 Å². The summed E-state index contributed by atoms with van der Waals surface area (Å²) in [4.78, 5) is 4.15. The summed E-state index contributed by atoms with van der Waals surface area (Å²) in [5.41, 5.74) is 2.58. The van der Waals surface area contributed by atoms with Crippen molar-refractivity contribution in [1.82, 2.24) is 15.0 Å². The fraction of sp³-hybridized carbons (Fsp3) is 0.100. The van der Waals surface area contributed by atoms with Crippen LogP contribution in [0.5, 0.6) is 0 Å². The van der Waals surface area contributed by atoms with E-state index in [2.05, 4.69) is 52.2 Å². The van der Waals surface area contributed by atoms with Crippen molar-refractivity contribution in [3.05, 3.63) is 87.1 Å². The molecule has 3 aromatic rings. The van der Waals surface area contributed by atoms with Crippen LogP contribution in [0.25, 0.3) is 0 Å². The van der Waals surface area contributed by atoms with E-state index in [1.165, 1.54) is 12.1 Å². The summed E-state index contributed by atoms with van der Waals surface area (Å²) >= 11 is 12.1. The summed E-state index contributed by atoms with van der Waals surface area (Å²) in [6.45, 7) is 0.746. The SMILES string of the molecule is O=S(=O)(NCc1ccc(Br)cc1Br)c1ccc(NC(=S)NCc2ccncc2)cc1. The lowest BCUT2D eigenvalue weighted by Gasteiger charge is -2.12. The van der Waals surface area contributed by atoms with Crippen molar-refractivity contribution in [1.29, 1.82) is 0 Å². The molecular weight excluding hydrogens is 552 g/mol. The summed E-state index contributed by atoms with van der Waals surface area (Å²) in [6.07, 6.45) is 3.44. The lowest BCUT2D eigenvalue weighted by Crippen LogP contribution is -2.28. The minimum Gasteiger partial charge on any atom is -0.358 e. The van der Waals surface area contributed by atoms with Crippen LogP contribution in [0.4, 0.5) is 5.69 Å². The molecule has 0 spiro atoms. The summed E-state index contributed by atoms with van der Waals surface area (Å²) in [6, 6.07) is 15.8. The molecule has 0 unspecified atom stereocenters. The number of aromatic nitrogens is 1. The maximum Gasteiger partial charge on any atom is 0.240 e. The van der Waals surface area contributed by atoms with Gasteiger partial charge in [0.2, 0.25) is 10.0 Å². The Morgan fingerprint density at radius 1 is 0.967 bits per heavy atom. The molecule has 0 radical (unpaired) electrons. The van der Waals surface area contributed by atoms with Gasteiger partial charge in [0.1, 0.15) is 0 Å². The molecule has 10 heteroatoms. The lowest BCUT2D eigenvalue weighted by molar-refractivity contribution is 0.581. The third kappa shape index (κ3) is 6.58. The quantitative estimate of drug-likeness (QED) is 0.361. The number of hydrogen-bond acceptors (Lipinski definition) is 4. The van der Waals surface area contributed by atoms with Crippen molar-refractivity contribution in [2.75, 3.05) is 5.32 Å². The predicted octanol–water partition coefficient (Wildman–Crippen LogP) is 4.57. The number of thiocarbonyl (C=S) groups is 1. The van der Waals surface area contributed by atoms with E-state index in [9.17, 15) is 8.42 Å². The van der Waals surface area contributed by atoms with Gasteiger partial charge in [-0.3, -0.25) is 4.98 Å². The van der Waals surface area contributed by atoms with Gasteiger partial charge in [0.15, 0.2) is 5.11 Å². The molecule has 0 amide bonds. The fourth-order valence-corrected chi connectivity index (χ4v) is 4.88. The zero-order chi connectivity index (χ0) is 21.6. The van der Waals surface area contributed by atoms with Crippen LogP contribution in [-0.2, 0) is 23.1 Å². The van der Waals surface area contributed by atoms with Gasteiger partial charge < -0.3 is 10.6 Å². The molecule has 3 N–H and O–H groups in total. The van der Waals surface area contributed by atoms with Crippen LogP contribution in [0.2, 0.25) is 0 Å². The number of halogens is 2. The average Bonchev–Trinajstić information content (AvgIpc) is 2.73. The van der Waals surface area contributed by atoms with Crippen molar-refractivity contribution in [3.63, 3.8) is 0 Å². The molecule has 0 aliphatic rings. The second kappa shape index (κ2) is 10.5. The largest absolute Gasteiger partial charge is 0.358 e. The molecule has 0 atom stereocenters. The Balaban J connectivity index is 1.56. The highest BCUT2D eigenvalue weighted by molar-refractivity contribution is 9.11. The molecule has 1 heterocycles. The van der Waals surface area contributed by atoms with Gasteiger partial charge in [-0.25, -0.2) is 13.1 Å². The highest BCUT2D eigenvalue weighted by atomic mass is 79.9. The van der Waals surface area contributed by atoms with Gasteiger partial charge in [0.25, 0.3) is 0 Å². The van der Waals surface area contributed by atoms with E-state index >= 15 is 0 Å². The Bertz CT molecular complexity index is 1130. The second-order valence-electron chi connectivity index (χ2n) is 6.25. The van der Waals surface area contributed by atoms with Crippen LogP contribution in [0.1, 0.15) is 11.1 Å². The zero-order valence-corrected chi connectivity index (χ0v) is 20.4. The summed E-state index contributed by atoms with van der Waals surface area (Å²) < 4.78 is 29.5. The van der Waals surface area contributed by atoms with Crippen molar-refractivity contribution in [2.24, 2.45) is 0 Å². The molecule has 0 aliphatic carbocycles. The predicted molar refractivity (Wildman–Crippen MR) is 130 cm³/mol. The Labute approximate surface area is 197 Å². The molecule has 30 heavy (non-hydrogen) atoms. The number of rotatable bonds is 7. The van der Waals surface area contributed by atoms with Crippen LogP contribution >= 0.6 is 44.1 Å². The van der Waals surface area contributed by atoms with E-state index in [0.717, 1.165) is 20.1 Å². The van der Waals surface area contributed by atoms with E-state index in [4.69, 9.17) is 12.2 Å². The van der Waals surface area contributed by atoms with Crippen LogP contribution in [-0.4, -0.2) is 18.5 Å². The van der Waals surface area contributed by atoms with E-state index in [-0.39, 0.29) is 11.4 Å². The van der Waals surface area contributed by atoms with Crippen LogP contribution in [0.3, 0.4) is 0 Å². The number of nitrogens with one attached hydrogen (secondary N) is 3. The van der Waals surface area contributed by atoms with Crippen molar-refractivity contribution in [3.8, 4) is 0 Å². The number of sulfonamides is 1. The van der Waals surface area contributed by atoms with Gasteiger partial charge in [-0.2, -0.15) is 0 Å². The average molecular weight is 570 g/mol. The number of benzene rings is 2. The molecule has 3 rings (SSSR count). The zero-order valence-electron chi connectivity index (χ0n) is 15.6. The highest BCUT2D eigenvalue weighted by Crippen LogP contribution is 2.22. The first kappa shape index (κ1) is 22.8. The molecule has 0 saturated carbocycles. The van der Waals surface area contributed by atoms with E-state index in [0.29, 0.717) is 17.3 Å². The highest BCUT2D eigenvalue weighted by Gasteiger charge is 2.14. The van der Waals surface area contributed by atoms with Crippen molar-refractivity contribution in [2.45, 2.75) is 18.0 Å². The van der Waals surface area contributed by atoms with E-state index in [1.54, 1.807) is 24.5 Å². The molecular formula is C20H18Br2N4O2S2. The molecule has 0 saturated heterocycles. The molecule has 156 valence electrons. The van der Waals surface area contributed by atoms with E-state index in [1.807, 2.05) is 30.3 Å². The standard InChI is InChI=1S/C20H18Br2N4O2S2/c21-16-2-1-15(19(22)11-16)13-25-30(27,28)18-5-3-17(4-6-18)26-20(29)24-12-14-7-9-23-10-8-14/h1-11,25H,12-13H2,(H2,24,26,29). The van der Waals surface area contributed by atoms with Crippen LogP contribution < -0.4 is 15.4 Å². The van der Waals surface area contributed by atoms with Gasteiger partial charge in [-0.15, -0.1) is 0 Å². The van der Waals surface area contributed by atoms with Gasteiger partial charge in [0.05, 0.1) is 4.90 Å². The van der Waals surface area contributed by atoms with Crippen LogP contribution in [0.15, 0.2) is 80.8 Å². The summed E-state index contributed by atoms with van der Waals surface area (Å²) in [5.74, 6) is 0. The Morgan fingerprint density at radius 2 is 1.67 bits per heavy atom. The molecule has 6 nitrogen and oxygen atoms in total. The smallest absolute Gasteiger partial charge is 0.240 e. The molecule has 0 bridgehead atoms. The Hall–Kier alpha value is -1.85. The summed E-state index contributed by atoms with van der Waals surface area (Å²) in [5, 5.41) is 6.58. The molecule has 0 fully saturated rings. The summed E-state index contributed by atoms with van der Waals surface area (Å²) in [7, 11) is -3.64. The van der Waals surface area contributed by atoms with Gasteiger partial charge in [-0.1, -0.05) is 37.9 Å². The van der Waals surface area contributed by atoms with Crippen molar-refractivity contribution < 1.29 is 8.42 Å².